The van der Waals surface area contributed by atoms with Crippen molar-refractivity contribution in [3.05, 3.63) is 40.2 Å². The summed E-state index contributed by atoms with van der Waals surface area (Å²) in [5.41, 5.74) is 1.94. The highest BCUT2D eigenvalue weighted by molar-refractivity contribution is 7.14. The van der Waals surface area contributed by atoms with E-state index in [1.54, 1.807) is 11.3 Å². The second-order valence-corrected chi connectivity index (χ2v) is 8.88. The fraction of sp³-hybridized carbons (Fsp3) is 0.524. The summed E-state index contributed by atoms with van der Waals surface area (Å²) in [5, 5.41) is 4.56. The van der Waals surface area contributed by atoms with Crippen molar-refractivity contribution in [2.75, 3.05) is 39.3 Å². The zero-order valence-electron chi connectivity index (χ0n) is 15.6. The van der Waals surface area contributed by atoms with Gasteiger partial charge in [0, 0.05) is 56.8 Å². The number of benzene rings is 1. The smallest absolute Gasteiger partial charge is 0.266 e. The van der Waals surface area contributed by atoms with Crippen molar-refractivity contribution < 1.29 is 4.79 Å². The van der Waals surface area contributed by atoms with Gasteiger partial charge in [0.2, 0.25) is 0 Å². The summed E-state index contributed by atoms with van der Waals surface area (Å²) in [6.07, 6.45) is 3.51. The molecule has 2 aliphatic heterocycles. The van der Waals surface area contributed by atoms with Crippen molar-refractivity contribution in [3.8, 4) is 11.3 Å². The molecule has 1 saturated carbocycles. The van der Waals surface area contributed by atoms with E-state index in [-0.39, 0.29) is 5.91 Å². The lowest BCUT2D eigenvalue weighted by molar-refractivity contribution is 0.0778. The molecular weight excluding hydrogens is 356 g/mol. The number of likely N-dealkylation sites (tertiary alicyclic amines) is 1. The van der Waals surface area contributed by atoms with Gasteiger partial charge in [0.15, 0.2) is 0 Å². The summed E-state index contributed by atoms with van der Waals surface area (Å²) < 4.78 is 0. The molecule has 1 aliphatic carbocycles. The number of carbonyl (C=O) groups excluding carboxylic acids is 1. The standard InChI is InChI=1S/C21H26N4OS/c26-21(25-11-8-17(14-25)24-12-9-22-10-13-24)19-18(15-4-2-1-3-5-15)23-20(27-19)16-6-7-16/h1-5,16-17,22H,6-14H2. The van der Waals surface area contributed by atoms with Crippen LogP contribution in [0.25, 0.3) is 11.3 Å². The van der Waals surface area contributed by atoms with E-state index in [1.807, 2.05) is 18.2 Å². The van der Waals surface area contributed by atoms with Crippen molar-refractivity contribution in [3.63, 3.8) is 0 Å². The molecule has 0 spiro atoms. The molecule has 6 heteroatoms. The number of amides is 1. The summed E-state index contributed by atoms with van der Waals surface area (Å²) in [6, 6.07) is 10.7. The molecule has 3 heterocycles. The third kappa shape index (κ3) is 3.53. The molecule has 2 aromatic rings. The molecule has 142 valence electrons. The quantitative estimate of drug-likeness (QED) is 0.883. The van der Waals surface area contributed by atoms with E-state index >= 15 is 0 Å². The minimum atomic E-state index is 0.177. The SMILES string of the molecule is O=C(c1sc(C2CC2)nc1-c1ccccc1)N1CCC(N2CCNCC2)C1. The predicted molar refractivity (Wildman–Crippen MR) is 108 cm³/mol. The number of nitrogens with zero attached hydrogens (tertiary/aromatic N) is 3. The molecule has 1 amide bonds. The van der Waals surface area contributed by atoms with Crippen LogP contribution in [0.1, 0.15) is 39.9 Å². The zero-order chi connectivity index (χ0) is 18.2. The van der Waals surface area contributed by atoms with Gasteiger partial charge in [-0.15, -0.1) is 11.3 Å². The van der Waals surface area contributed by atoms with Gasteiger partial charge in [-0.25, -0.2) is 4.98 Å². The number of nitrogens with one attached hydrogen (secondary N) is 1. The molecule has 27 heavy (non-hydrogen) atoms. The van der Waals surface area contributed by atoms with Crippen LogP contribution < -0.4 is 5.32 Å². The highest BCUT2D eigenvalue weighted by Crippen LogP contribution is 2.44. The topological polar surface area (TPSA) is 48.5 Å². The molecule has 3 fully saturated rings. The maximum atomic E-state index is 13.4. The first-order valence-corrected chi connectivity index (χ1v) is 10.9. The monoisotopic (exact) mass is 382 g/mol. The maximum absolute atomic E-state index is 13.4. The zero-order valence-corrected chi connectivity index (χ0v) is 16.4. The molecule has 1 N–H and O–H groups in total. The molecule has 1 aromatic heterocycles. The molecule has 2 saturated heterocycles. The van der Waals surface area contributed by atoms with E-state index in [0.717, 1.165) is 66.8 Å². The molecule has 3 aliphatic rings. The van der Waals surface area contributed by atoms with Crippen LogP contribution in [-0.4, -0.2) is 66.0 Å². The molecular formula is C21H26N4OS. The van der Waals surface area contributed by atoms with Crippen LogP contribution in [0, 0.1) is 0 Å². The average molecular weight is 383 g/mol. The number of hydrogen-bond acceptors (Lipinski definition) is 5. The van der Waals surface area contributed by atoms with E-state index in [1.165, 1.54) is 12.8 Å². The average Bonchev–Trinajstić information content (AvgIpc) is 3.29. The molecule has 1 unspecified atom stereocenters. The highest BCUT2D eigenvalue weighted by atomic mass is 32.1. The van der Waals surface area contributed by atoms with E-state index in [4.69, 9.17) is 4.98 Å². The number of piperazine rings is 1. The van der Waals surface area contributed by atoms with Crippen molar-refractivity contribution in [2.24, 2.45) is 0 Å². The minimum Gasteiger partial charge on any atom is -0.336 e. The Kier molecular flexibility index (Phi) is 4.71. The summed E-state index contributed by atoms with van der Waals surface area (Å²) in [4.78, 5) is 23.7. The van der Waals surface area contributed by atoms with Crippen LogP contribution in [-0.2, 0) is 0 Å². The van der Waals surface area contributed by atoms with Gasteiger partial charge in [0.05, 0.1) is 10.7 Å². The van der Waals surface area contributed by atoms with Crippen LogP contribution in [0.5, 0.6) is 0 Å². The predicted octanol–water partition coefficient (Wildman–Crippen LogP) is 2.81. The van der Waals surface area contributed by atoms with Gasteiger partial charge in [-0.1, -0.05) is 30.3 Å². The van der Waals surface area contributed by atoms with Crippen LogP contribution in [0.3, 0.4) is 0 Å². The first-order chi connectivity index (χ1) is 13.3. The molecule has 5 rings (SSSR count). The largest absolute Gasteiger partial charge is 0.336 e. The molecule has 5 nitrogen and oxygen atoms in total. The number of hydrogen-bond donors (Lipinski definition) is 1. The fourth-order valence-corrected chi connectivity index (χ4v) is 5.42. The van der Waals surface area contributed by atoms with Gasteiger partial charge >= 0.3 is 0 Å². The Bertz CT molecular complexity index is 811. The van der Waals surface area contributed by atoms with E-state index in [9.17, 15) is 4.79 Å². The van der Waals surface area contributed by atoms with Crippen LogP contribution >= 0.6 is 11.3 Å². The second kappa shape index (κ2) is 7.34. The molecule has 0 bridgehead atoms. The lowest BCUT2D eigenvalue weighted by Crippen LogP contribution is -2.49. The Hall–Kier alpha value is -1.76. The molecule has 0 radical (unpaired) electrons. The Balaban J connectivity index is 1.38. The Labute approximate surface area is 164 Å². The number of aromatic nitrogens is 1. The van der Waals surface area contributed by atoms with Crippen LogP contribution in [0.15, 0.2) is 30.3 Å². The Morgan fingerprint density at radius 2 is 1.85 bits per heavy atom. The third-order valence-corrected chi connectivity index (χ3v) is 7.14. The molecule has 1 aromatic carbocycles. The van der Waals surface area contributed by atoms with Gasteiger partial charge < -0.3 is 10.2 Å². The van der Waals surface area contributed by atoms with E-state index < -0.39 is 0 Å². The first-order valence-electron chi connectivity index (χ1n) is 10.1. The Morgan fingerprint density at radius 1 is 1.07 bits per heavy atom. The van der Waals surface area contributed by atoms with Crippen molar-refractivity contribution in [2.45, 2.75) is 31.2 Å². The van der Waals surface area contributed by atoms with E-state index in [2.05, 4.69) is 27.2 Å². The van der Waals surface area contributed by atoms with Gasteiger partial charge in [-0.3, -0.25) is 9.69 Å². The molecule has 1 atom stereocenters. The number of rotatable bonds is 4. The second-order valence-electron chi connectivity index (χ2n) is 7.85. The summed E-state index contributed by atoms with van der Waals surface area (Å²) in [6.45, 7) is 6.01. The van der Waals surface area contributed by atoms with Gasteiger partial charge in [0.25, 0.3) is 5.91 Å². The summed E-state index contributed by atoms with van der Waals surface area (Å²) in [5.74, 6) is 0.752. The third-order valence-electron chi connectivity index (χ3n) is 5.93. The first kappa shape index (κ1) is 17.3. The van der Waals surface area contributed by atoms with Crippen molar-refractivity contribution >= 4 is 17.2 Å². The normalized spacial score (nSPS) is 23.7. The van der Waals surface area contributed by atoms with Crippen molar-refractivity contribution in [1.29, 1.82) is 0 Å². The summed E-state index contributed by atoms with van der Waals surface area (Å²) in [7, 11) is 0. The highest BCUT2D eigenvalue weighted by Gasteiger charge is 2.35. The van der Waals surface area contributed by atoms with Gasteiger partial charge in [-0.2, -0.15) is 0 Å². The number of carbonyl (C=O) groups is 1. The van der Waals surface area contributed by atoms with Gasteiger partial charge in [-0.05, 0) is 19.3 Å². The summed E-state index contributed by atoms with van der Waals surface area (Å²) >= 11 is 1.63. The maximum Gasteiger partial charge on any atom is 0.266 e. The minimum absolute atomic E-state index is 0.177. The van der Waals surface area contributed by atoms with E-state index in [0.29, 0.717) is 12.0 Å². The van der Waals surface area contributed by atoms with Gasteiger partial charge in [0.1, 0.15) is 4.88 Å². The Morgan fingerprint density at radius 3 is 2.59 bits per heavy atom. The van der Waals surface area contributed by atoms with Crippen LogP contribution in [0.4, 0.5) is 0 Å². The lowest BCUT2D eigenvalue weighted by atomic mass is 10.1. The van der Waals surface area contributed by atoms with Crippen LogP contribution in [0.2, 0.25) is 0 Å². The lowest BCUT2D eigenvalue weighted by Gasteiger charge is -2.32. The fourth-order valence-electron chi connectivity index (χ4n) is 4.19. The number of thiazole rings is 1. The van der Waals surface area contributed by atoms with Crippen molar-refractivity contribution in [1.82, 2.24) is 20.1 Å².